The number of allylic oxidation sites excluding steroid dienone is 3. The zero-order chi connectivity index (χ0) is 18.3. The molecule has 0 saturated carbocycles. The first kappa shape index (κ1) is 18.1. The molecule has 24 heavy (non-hydrogen) atoms. The SMILES string of the molecule is CC1=CC=C(C(=O)C(F)(F)F)C(O)(C(F)(F)F)N1Cc1ccco1. The van der Waals surface area contributed by atoms with E-state index in [0.717, 1.165) is 19.3 Å². The number of rotatable bonds is 3. The number of carbonyl (C=O) groups is 1. The molecule has 0 spiro atoms. The zero-order valence-electron chi connectivity index (χ0n) is 12.1. The Hall–Kier alpha value is -2.23. The maximum atomic E-state index is 13.5. The number of aliphatic hydroxyl groups is 1. The van der Waals surface area contributed by atoms with Gasteiger partial charge in [-0.25, -0.2) is 0 Å². The quantitative estimate of drug-likeness (QED) is 0.846. The van der Waals surface area contributed by atoms with Gasteiger partial charge in [-0.1, -0.05) is 0 Å². The van der Waals surface area contributed by atoms with Gasteiger partial charge in [0.25, 0.3) is 11.5 Å². The lowest BCUT2D eigenvalue weighted by Gasteiger charge is -2.44. The van der Waals surface area contributed by atoms with E-state index in [1.807, 2.05) is 0 Å². The van der Waals surface area contributed by atoms with Crippen molar-refractivity contribution in [1.29, 1.82) is 0 Å². The monoisotopic (exact) mass is 355 g/mol. The van der Waals surface area contributed by atoms with Crippen LogP contribution in [-0.2, 0) is 11.3 Å². The Morgan fingerprint density at radius 2 is 1.88 bits per heavy atom. The molecule has 1 aliphatic rings. The summed E-state index contributed by atoms with van der Waals surface area (Å²) < 4.78 is 83.2. The third kappa shape index (κ3) is 2.93. The minimum absolute atomic E-state index is 0.0360. The van der Waals surface area contributed by atoms with Crippen LogP contribution in [0.2, 0.25) is 0 Å². The second-order valence-electron chi connectivity index (χ2n) is 5.05. The van der Waals surface area contributed by atoms with E-state index in [2.05, 4.69) is 0 Å². The molecule has 2 rings (SSSR count). The highest BCUT2D eigenvalue weighted by Crippen LogP contribution is 2.45. The minimum atomic E-state index is -5.57. The molecule has 10 heteroatoms. The Labute approximate surface area is 131 Å². The second kappa shape index (κ2) is 5.69. The molecular formula is C14H11F6NO3. The van der Waals surface area contributed by atoms with E-state index < -0.39 is 36.0 Å². The number of furan rings is 1. The van der Waals surface area contributed by atoms with Crippen molar-refractivity contribution in [2.24, 2.45) is 0 Å². The molecule has 0 radical (unpaired) electrons. The number of halogens is 6. The van der Waals surface area contributed by atoms with E-state index >= 15 is 0 Å². The molecule has 1 atom stereocenters. The third-order valence-electron chi connectivity index (χ3n) is 3.47. The van der Waals surface area contributed by atoms with Gasteiger partial charge in [0.2, 0.25) is 0 Å². The topological polar surface area (TPSA) is 53.7 Å². The first-order valence-corrected chi connectivity index (χ1v) is 6.48. The predicted octanol–water partition coefficient (Wildman–Crippen LogP) is 3.31. The number of hydrogen-bond acceptors (Lipinski definition) is 4. The Balaban J connectivity index is 2.57. The van der Waals surface area contributed by atoms with Crippen molar-refractivity contribution in [1.82, 2.24) is 4.90 Å². The van der Waals surface area contributed by atoms with Crippen molar-refractivity contribution in [3.05, 3.63) is 47.6 Å². The van der Waals surface area contributed by atoms with Crippen LogP contribution in [0.3, 0.4) is 0 Å². The Bertz CT molecular complexity index is 686. The van der Waals surface area contributed by atoms with Gasteiger partial charge in [0.15, 0.2) is 0 Å². The summed E-state index contributed by atoms with van der Waals surface area (Å²) in [5, 5.41) is 10.2. The van der Waals surface area contributed by atoms with Crippen LogP contribution in [0.4, 0.5) is 26.3 Å². The number of ketones is 1. The maximum Gasteiger partial charge on any atom is 0.454 e. The number of carbonyl (C=O) groups excluding carboxylic acids is 1. The molecule has 0 aliphatic carbocycles. The van der Waals surface area contributed by atoms with Crippen LogP contribution in [0.1, 0.15) is 12.7 Å². The van der Waals surface area contributed by atoms with Gasteiger partial charge in [0.1, 0.15) is 5.76 Å². The lowest BCUT2D eigenvalue weighted by molar-refractivity contribution is -0.295. The third-order valence-corrected chi connectivity index (χ3v) is 3.47. The molecule has 1 aromatic rings. The summed E-state index contributed by atoms with van der Waals surface area (Å²) in [5.41, 5.74) is -6.14. The average molecular weight is 355 g/mol. The zero-order valence-corrected chi connectivity index (χ0v) is 12.1. The van der Waals surface area contributed by atoms with E-state index in [0.29, 0.717) is 6.08 Å². The maximum absolute atomic E-state index is 13.5. The Morgan fingerprint density at radius 1 is 1.25 bits per heavy atom. The molecule has 0 fully saturated rings. The van der Waals surface area contributed by atoms with Crippen molar-refractivity contribution in [3.63, 3.8) is 0 Å². The van der Waals surface area contributed by atoms with Crippen LogP contribution in [0.15, 0.2) is 46.2 Å². The summed E-state index contributed by atoms with van der Waals surface area (Å²) in [7, 11) is 0. The molecular weight excluding hydrogens is 344 g/mol. The lowest BCUT2D eigenvalue weighted by Crippen LogP contribution is -2.62. The van der Waals surface area contributed by atoms with Crippen LogP contribution >= 0.6 is 0 Å². The first-order valence-electron chi connectivity index (χ1n) is 6.48. The van der Waals surface area contributed by atoms with Crippen LogP contribution in [0.5, 0.6) is 0 Å². The number of alkyl halides is 6. The van der Waals surface area contributed by atoms with Crippen molar-refractivity contribution in [2.75, 3.05) is 0 Å². The van der Waals surface area contributed by atoms with Gasteiger partial charge in [-0.05, 0) is 31.2 Å². The van der Waals surface area contributed by atoms with E-state index in [4.69, 9.17) is 4.42 Å². The Kier molecular flexibility index (Phi) is 4.29. The predicted molar refractivity (Wildman–Crippen MR) is 68.2 cm³/mol. The summed E-state index contributed by atoms with van der Waals surface area (Å²) in [5.74, 6) is -2.80. The fourth-order valence-corrected chi connectivity index (χ4v) is 2.30. The molecule has 2 heterocycles. The number of Topliss-reactive ketones (excluding diaryl/α,β-unsaturated/α-hetero) is 1. The summed E-state index contributed by atoms with van der Waals surface area (Å²) in [6.07, 6.45) is -8.76. The van der Waals surface area contributed by atoms with Crippen molar-refractivity contribution in [2.45, 2.75) is 31.5 Å². The number of nitrogens with zero attached hydrogens (tertiary/aromatic N) is 1. The van der Waals surface area contributed by atoms with Gasteiger partial charge in [-0.3, -0.25) is 4.79 Å². The van der Waals surface area contributed by atoms with E-state index in [9.17, 15) is 36.2 Å². The van der Waals surface area contributed by atoms with Gasteiger partial charge < -0.3 is 14.4 Å². The standard InChI is InChI=1S/C14H11F6NO3/c1-8-4-5-10(11(22)13(15,16)17)12(23,14(18,19)20)21(8)7-9-3-2-6-24-9/h2-6,23H,7H2,1H3. The van der Waals surface area contributed by atoms with Gasteiger partial charge in [-0.2, -0.15) is 26.3 Å². The highest BCUT2D eigenvalue weighted by Gasteiger charge is 2.65. The molecule has 132 valence electrons. The molecule has 1 unspecified atom stereocenters. The van der Waals surface area contributed by atoms with Gasteiger partial charge in [0, 0.05) is 5.70 Å². The molecule has 0 aromatic carbocycles. The number of hydrogen-bond donors (Lipinski definition) is 1. The second-order valence-corrected chi connectivity index (χ2v) is 5.05. The van der Waals surface area contributed by atoms with E-state index in [1.165, 1.54) is 12.1 Å². The fourth-order valence-electron chi connectivity index (χ4n) is 2.30. The van der Waals surface area contributed by atoms with Crippen LogP contribution in [0, 0.1) is 0 Å². The summed E-state index contributed by atoms with van der Waals surface area (Å²) in [6.45, 7) is 0.471. The molecule has 0 amide bonds. The van der Waals surface area contributed by atoms with Gasteiger partial charge >= 0.3 is 12.4 Å². The van der Waals surface area contributed by atoms with E-state index in [-0.39, 0.29) is 16.4 Å². The molecule has 1 aliphatic heterocycles. The normalized spacial score (nSPS) is 22.2. The first-order chi connectivity index (χ1) is 10.9. The molecule has 1 aromatic heterocycles. The smallest absolute Gasteiger partial charge is 0.454 e. The van der Waals surface area contributed by atoms with Crippen molar-refractivity contribution < 1.29 is 40.7 Å². The average Bonchev–Trinajstić information content (AvgIpc) is 2.93. The molecule has 0 saturated heterocycles. The minimum Gasteiger partial charge on any atom is -0.467 e. The van der Waals surface area contributed by atoms with Crippen molar-refractivity contribution >= 4 is 5.78 Å². The van der Waals surface area contributed by atoms with Crippen LogP contribution in [-0.4, -0.2) is 33.9 Å². The fraction of sp³-hybridized carbons (Fsp3) is 0.357. The summed E-state index contributed by atoms with van der Waals surface area (Å²) >= 11 is 0. The van der Waals surface area contributed by atoms with Gasteiger partial charge in [-0.15, -0.1) is 0 Å². The summed E-state index contributed by atoms with van der Waals surface area (Å²) in [6, 6.07) is 2.65. The van der Waals surface area contributed by atoms with Gasteiger partial charge in [0.05, 0.1) is 18.4 Å². The largest absolute Gasteiger partial charge is 0.467 e. The Morgan fingerprint density at radius 3 is 2.33 bits per heavy atom. The highest BCUT2D eigenvalue weighted by molar-refractivity contribution is 6.02. The highest BCUT2D eigenvalue weighted by atomic mass is 19.4. The van der Waals surface area contributed by atoms with Crippen LogP contribution < -0.4 is 0 Å². The summed E-state index contributed by atoms with van der Waals surface area (Å²) in [4.78, 5) is 11.6. The van der Waals surface area contributed by atoms with Crippen molar-refractivity contribution in [3.8, 4) is 0 Å². The molecule has 0 bridgehead atoms. The van der Waals surface area contributed by atoms with Crippen LogP contribution in [0.25, 0.3) is 0 Å². The lowest BCUT2D eigenvalue weighted by atomic mass is 9.91. The molecule has 4 nitrogen and oxygen atoms in total. The van der Waals surface area contributed by atoms with E-state index in [1.54, 1.807) is 0 Å². The molecule has 1 N–H and O–H groups in total.